The van der Waals surface area contributed by atoms with Crippen molar-refractivity contribution >= 4 is 54.9 Å². The van der Waals surface area contributed by atoms with Crippen molar-refractivity contribution in [1.29, 1.82) is 0 Å². The molecule has 0 bridgehead atoms. The molecule has 0 nitrogen and oxygen atoms in total. The van der Waals surface area contributed by atoms with Gasteiger partial charge in [-0.2, -0.15) is 0 Å². The Morgan fingerprint density at radius 2 is 0.957 bits per heavy atom. The highest BCUT2D eigenvalue weighted by Crippen LogP contribution is 2.53. The molecule has 1 heterocycles. The summed E-state index contributed by atoms with van der Waals surface area (Å²) in [5.41, 5.74) is 5.19. The van der Waals surface area contributed by atoms with Crippen LogP contribution in [-0.4, -0.2) is 0 Å². The van der Waals surface area contributed by atoms with Crippen LogP contribution >= 0.6 is 11.8 Å². The molecule has 0 unspecified atom stereocenters. The van der Waals surface area contributed by atoms with Crippen molar-refractivity contribution in [3.8, 4) is 44.5 Å². The zero-order valence-electron chi connectivity index (χ0n) is 34.8. The Morgan fingerprint density at radius 3 is 1.77 bits per heavy atom. The number of hydrogen-bond donors (Lipinski definition) is 0. The third kappa shape index (κ3) is 3.97. The predicted octanol–water partition coefficient (Wildman–Crippen LogP) is 13.4. The van der Waals surface area contributed by atoms with Gasteiger partial charge in [-0.3, -0.25) is 0 Å². The van der Waals surface area contributed by atoms with Gasteiger partial charge in [0.15, 0.2) is 0 Å². The van der Waals surface area contributed by atoms with Crippen LogP contribution in [0.3, 0.4) is 0 Å². The molecule has 0 radical (unpaired) electrons. The van der Waals surface area contributed by atoms with Crippen molar-refractivity contribution in [2.24, 2.45) is 0 Å². The summed E-state index contributed by atoms with van der Waals surface area (Å²) in [5.74, 6) is 0. The molecular weight excluding hydrogens is 585 g/mol. The maximum Gasteiger partial charge on any atom is 0.0629 e. The minimum atomic E-state index is -0.476. The van der Waals surface area contributed by atoms with Crippen LogP contribution in [0, 0.1) is 0 Å². The molecule has 0 atom stereocenters. The largest absolute Gasteiger partial charge is 0.0888 e. The smallest absolute Gasteiger partial charge is 0.0629 e. The average molecular weight is 623 g/mol. The first-order chi connectivity index (χ1) is 27.5. The first-order valence-electron chi connectivity index (χ1n) is 20.4. The van der Waals surface area contributed by atoms with Gasteiger partial charge in [0.2, 0.25) is 0 Å². The quantitative estimate of drug-likeness (QED) is 0.140. The lowest BCUT2D eigenvalue weighted by atomic mass is 9.82. The summed E-state index contributed by atoms with van der Waals surface area (Å²) >= 11 is 1.73. The van der Waals surface area contributed by atoms with Gasteiger partial charge in [-0.05, 0) is 94.3 Å². The van der Waals surface area contributed by atoms with Crippen LogP contribution in [0.4, 0.5) is 0 Å². The van der Waals surface area contributed by atoms with Crippen LogP contribution in [0.5, 0.6) is 0 Å². The van der Waals surface area contributed by atoms with Gasteiger partial charge in [0.05, 0.1) is 13.7 Å². The highest BCUT2D eigenvalue weighted by atomic mass is 32.2. The van der Waals surface area contributed by atoms with Gasteiger partial charge in [-0.25, -0.2) is 0 Å². The van der Waals surface area contributed by atoms with Crippen LogP contribution < -0.4 is 0 Å². The minimum Gasteiger partial charge on any atom is -0.0888 e. The third-order valence-corrected chi connectivity index (χ3v) is 10.4. The van der Waals surface area contributed by atoms with Crippen molar-refractivity contribution in [1.82, 2.24) is 0 Å². The first-order valence-corrected chi connectivity index (χ1v) is 16.2. The molecule has 47 heavy (non-hydrogen) atoms. The van der Waals surface area contributed by atoms with E-state index in [0.29, 0.717) is 32.7 Å². The Bertz CT molecular complexity index is 3220. The van der Waals surface area contributed by atoms with Crippen molar-refractivity contribution in [3.63, 3.8) is 0 Å². The van der Waals surface area contributed by atoms with Crippen molar-refractivity contribution in [3.05, 3.63) is 170 Å². The molecule has 0 saturated carbocycles. The number of hydrogen-bond acceptors (Lipinski definition) is 1. The molecule has 0 amide bonds. The van der Waals surface area contributed by atoms with Gasteiger partial charge in [-0.1, -0.05) is 169 Å². The van der Waals surface area contributed by atoms with Crippen molar-refractivity contribution in [2.45, 2.75) is 9.79 Å². The predicted molar refractivity (Wildman–Crippen MR) is 202 cm³/mol. The topological polar surface area (TPSA) is 0 Å². The number of rotatable bonds is 3. The maximum absolute atomic E-state index is 9.13. The van der Waals surface area contributed by atoms with Crippen LogP contribution in [0.25, 0.3) is 87.6 Å². The van der Waals surface area contributed by atoms with Gasteiger partial charge in [0.25, 0.3) is 0 Å². The lowest BCUT2D eigenvalue weighted by molar-refractivity contribution is 1.40. The molecule has 0 saturated heterocycles. The van der Waals surface area contributed by atoms with E-state index in [9.17, 15) is 0 Å². The van der Waals surface area contributed by atoms with Gasteiger partial charge < -0.3 is 0 Å². The van der Waals surface area contributed by atoms with E-state index in [0.717, 1.165) is 48.7 Å². The summed E-state index contributed by atoms with van der Waals surface area (Å²) in [6.07, 6.45) is 0. The Kier molecular flexibility index (Phi) is 4.11. The summed E-state index contributed by atoms with van der Waals surface area (Å²) in [6, 6.07) is 32.0. The molecule has 9 aromatic rings. The third-order valence-electron chi connectivity index (χ3n) is 9.23. The minimum absolute atomic E-state index is 0.0800. The van der Waals surface area contributed by atoms with E-state index >= 15 is 0 Å². The molecule has 0 aliphatic carbocycles. The molecule has 0 spiro atoms. The van der Waals surface area contributed by atoms with Gasteiger partial charge >= 0.3 is 0 Å². The summed E-state index contributed by atoms with van der Waals surface area (Å²) < 4.78 is 86.8. The standard InChI is InChI=1S/C46H28S/c1-3-13-29(14-4-1)31-20-11-21-34-32(31)25-26-40-43(30-15-5-2-6-16-30)36-18-7-8-19-38(36)45(46(34)40)39-27-28-42-44-35(22-12-23-37(39)44)33-17-9-10-24-41(33)47-42/h1-28H/i1D,2D,3D,4D,5D,6D,13D,14D,15D,16D. The lowest BCUT2D eigenvalue weighted by Gasteiger charge is -2.24. The zero-order chi connectivity index (χ0) is 39.6. The maximum atomic E-state index is 9.13. The molecule has 0 fully saturated rings. The second kappa shape index (κ2) is 10.5. The summed E-state index contributed by atoms with van der Waals surface area (Å²) in [7, 11) is 0. The van der Waals surface area contributed by atoms with Crippen LogP contribution in [0.2, 0.25) is 0 Å². The fraction of sp³-hybridized carbons (Fsp3) is 0. The second-order valence-electron chi connectivity index (χ2n) is 11.6. The van der Waals surface area contributed by atoms with E-state index in [2.05, 4.69) is 42.5 Å². The Hall–Kier alpha value is -5.63. The van der Waals surface area contributed by atoms with Gasteiger partial charge in [-0.15, -0.1) is 0 Å². The van der Waals surface area contributed by atoms with E-state index in [1.54, 1.807) is 17.8 Å². The molecule has 0 N–H and O–H groups in total. The lowest BCUT2D eigenvalue weighted by Crippen LogP contribution is -1.96. The van der Waals surface area contributed by atoms with E-state index in [1.807, 2.05) is 60.7 Å². The van der Waals surface area contributed by atoms with Crippen molar-refractivity contribution < 1.29 is 13.7 Å². The Labute approximate surface area is 292 Å². The monoisotopic (exact) mass is 622 g/mol. The summed E-state index contributed by atoms with van der Waals surface area (Å²) in [5, 5.41) is 6.39. The fourth-order valence-electron chi connectivity index (χ4n) is 7.36. The second-order valence-corrected chi connectivity index (χ2v) is 12.7. The highest BCUT2D eigenvalue weighted by Gasteiger charge is 2.24. The molecule has 9 aromatic carbocycles. The highest BCUT2D eigenvalue weighted by molar-refractivity contribution is 7.99. The Balaban J connectivity index is 1.43. The normalized spacial score (nSPS) is 15.1. The molecule has 10 rings (SSSR count). The molecule has 1 aliphatic heterocycles. The van der Waals surface area contributed by atoms with Crippen LogP contribution in [0.1, 0.15) is 13.7 Å². The zero-order valence-corrected chi connectivity index (χ0v) is 25.6. The van der Waals surface area contributed by atoms with Gasteiger partial charge in [0.1, 0.15) is 0 Å². The molecule has 1 aliphatic rings. The van der Waals surface area contributed by atoms with E-state index in [1.165, 1.54) is 4.90 Å². The van der Waals surface area contributed by atoms with E-state index in [-0.39, 0.29) is 35.3 Å². The fourth-order valence-corrected chi connectivity index (χ4v) is 8.49. The van der Waals surface area contributed by atoms with Crippen LogP contribution in [-0.2, 0) is 0 Å². The molecule has 1 heteroatoms. The summed E-state index contributed by atoms with van der Waals surface area (Å²) in [4.78, 5) is 2.30. The number of fused-ring (bicyclic) bond motifs is 6. The molecular formula is C46H28S. The Morgan fingerprint density at radius 1 is 0.340 bits per heavy atom. The van der Waals surface area contributed by atoms with Crippen molar-refractivity contribution in [2.75, 3.05) is 0 Å². The number of benzene rings is 9. The molecule has 0 aromatic heterocycles. The first kappa shape index (κ1) is 18.5. The van der Waals surface area contributed by atoms with E-state index < -0.39 is 36.3 Å². The van der Waals surface area contributed by atoms with Crippen LogP contribution in [0.15, 0.2) is 179 Å². The molecule has 218 valence electrons. The summed E-state index contributed by atoms with van der Waals surface area (Å²) in [6.45, 7) is 0. The van der Waals surface area contributed by atoms with Gasteiger partial charge in [0, 0.05) is 15.2 Å². The average Bonchev–Trinajstić information content (AvgIpc) is 3.24. The SMILES string of the molecule is [2H]c1c([2H])c([2H])c(-c2cccc3c2ccc2c(-c4c([2H])c([2H])c([2H])c([2H])c4[2H])c4ccccc4c(-c4ccc5c6c(cccc46)-c4ccccc4S5)c23)c([2H])c1[2H]. The van der Waals surface area contributed by atoms with E-state index in [4.69, 9.17) is 13.7 Å².